The largest absolute Gasteiger partial charge is 0.298 e. The molecule has 2 bridgehead atoms. The highest BCUT2D eigenvalue weighted by Gasteiger charge is 2.52. The third-order valence-corrected chi connectivity index (χ3v) is 4.62. The van der Waals surface area contributed by atoms with Crippen molar-refractivity contribution in [2.45, 2.75) is 32.6 Å². The minimum atomic E-state index is 0.453. The molecule has 0 amide bonds. The van der Waals surface area contributed by atoms with E-state index in [1.165, 1.54) is 24.0 Å². The Morgan fingerprint density at radius 1 is 1.40 bits per heavy atom. The van der Waals surface area contributed by atoms with E-state index in [0.717, 1.165) is 17.8 Å². The topological polar surface area (TPSA) is 17.1 Å². The zero-order valence-electron chi connectivity index (χ0n) is 9.29. The van der Waals surface area contributed by atoms with Crippen LogP contribution in [0.15, 0.2) is 18.2 Å². The number of carbonyl (C=O) groups excluding carboxylic acids is 1. The highest BCUT2D eigenvalue weighted by atomic mass is 16.1. The molecular formula is C14H16O. The Morgan fingerprint density at radius 2 is 2.20 bits per heavy atom. The Labute approximate surface area is 90.5 Å². The molecular weight excluding hydrogens is 184 g/mol. The number of rotatable bonds is 1. The molecule has 1 aromatic rings. The lowest BCUT2D eigenvalue weighted by atomic mass is 9.47. The van der Waals surface area contributed by atoms with Crippen molar-refractivity contribution in [1.82, 2.24) is 0 Å². The van der Waals surface area contributed by atoms with Gasteiger partial charge in [0.15, 0.2) is 0 Å². The van der Waals surface area contributed by atoms with Gasteiger partial charge in [-0.05, 0) is 47.3 Å². The van der Waals surface area contributed by atoms with Gasteiger partial charge in [-0.15, -0.1) is 0 Å². The second-order valence-electron chi connectivity index (χ2n) is 5.59. The summed E-state index contributed by atoms with van der Waals surface area (Å²) in [5.74, 6) is 1.54. The third-order valence-electron chi connectivity index (χ3n) is 4.62. The van der Waals surface area contributed by atoms with Gasteiger partial charge in [0.05, 0.1) is 0 Å². The molecule has 0 heterocycles. The second-order valence-corrected chi connectivity index (χ2v) is 5.59. The fourth-order valence-corrected chi connectivity index (χ4v) is 3.35. The minimum absolute atomic E-state index is 0.453. The fourth-order valence-electron chi connectivity index (χ4n) is 3.35. The molecule has 1 saturated carbocycles. The van der Waals surface area contributed by atoms with Crippen LogP contribution >= 0.6 is 0 Å². The molecule has 0 aliphatic heterocycles. The maximum absolute atomic E-state index is 10.8. The number of carbonyl (C=O) groups is 1. The maximum atomic E-state index is 10.8. The van der Waals surface area contributed by atoms with Gasteiger partial charge < -0.3 is 0 Å². The lowest BCUT2D eigenvalue weighted by Crippen LogP contribution is -2.48. The normalized spacial score (nSPS) is 30.3. The summed E-state index contributed by atoms with van der Waals surface area (Å²) in [4.78, 5) is 10.8. The van der Waals surface area contributed by atoms with Crippen LogP contribution in [0.25, 0.3) is 0 Å². The van der Waals surface area contributed by atoms with Crippen LogP contribution < -0.4 is 0 Å². The van der Waals surface area contributed by atoms with E-state index in [0.29, 0.717) is 11.3 Å². The third kappa shape index (κ3) is 1.06. The van der Waals surface area contributed by atoms with Crippen molar-refractivity contribution in [1.29, 1.82) is 0 Å². The van der Waals surface area contributed by atoms with Gasteiger partial charge in [0.25, 0.3) is 0 Å². The molecule has 0 aromatic heterocycles. The van der Waals surface area contributed by atoms with Gasteiger partial charge in [-0.3, -0.25) is 4.79 Å². The zero-order valence-corrected chi connectivity index (χ0v) is 9.29. The molecule has 78 valence electrons. The van der Waals surface area contributed by atoms with Crippen LogP contribution in [0.2, 0.25) is 0 Å². The van der Waals surface area contributed by atoms with Crippen molar-refractivity contribution in [2.75, 3.05) is 0 Å². The number of hydrogen-bond donors (Lipinski definition) is 0. The lowest BCUT2D eigenvalue weighted by Gasteiger charge is -2.57. The lowest BCUT2D eigenvalue weighted by molar-refractivity contribution is 0.0185. The predicted octanol–water partition coefficient (Wildman–Crippen LogP) is 3.18. The Hall–Kier alpha value is -1.11. The molecule has 0 spiro atoms. The summed E-state index contributed by atoms with van der Waals surface area (Å²) in [6.45, 7) is 4.73. The first-order chi connectivity index (χ1) is 7.13. The molecule has 0 unspecified atom stereocenters. The zero-order chi connectivity index (χ0) is 10.6. The van der Waals surface area contributed by atoms with Gasteiger partial charge >= 0.3 is 0 Å². The first-order valence-electron chi connectivity index (χ1n) is 5.71. The molecule has 3 aliphatic carbocycles. The van der Waals surface area contributed by atoms with Crippen molar-refractivity contribution in [3.63, 3.8) is 0 Å². The molecule has 1 fully saturated rings. The quantitative estimate of drug-likeness (QED) is 0.636. The van der Waals surface area contributed by atoms with Gasteiger partial charge in [0, 0.05) is 5.56 Å². The molecule has 2 atom stereocenters. The molecule has 1 aromatic carbocycles. The molecule has 1 nitrogen and oxygen atoms in total. The van der Waals surface area contributed by atoms with Crippen LogP contribution in [-0.2, 0) is 6.42 Å². The van der Waals surface area contributed by atoms with Gasteiger partial charge in [-0.1, -0.05) is 26.0 Å². The molecule has 4 rings (SSSR count). The van der Waals surface area contributed by atoms with Gasteiger partial charge in [-0.25, -0.2) is 0 Å². The summed E-state index contributed by atoms with van der Waals surface area (Å²) < 4.78 is 0. The van der Waals surface area contributed by atoms with E-state index < -0.39 is 0 Å². The average molecular weight is 200 g/mol. The highest BCUT2D eigenvalue weighted by molar-refractivity contribution is 5.75. The van der Waals surface area contributed by atoms with Crippen LogP contribution in [0.1, 0.15) is 47.7 Å². The molecule has 3 aliphatic rings. The Bertz CT molecular complexity index is 431. The van der Waals surface area contributed by atoms with Crippen molar-refractivity contribution in [2.24, 2.45) is 11.3 Å². The van der Waals surface area contributed by atoms with Gasteiger partial charge in [0.2, 0.25) is 0 Å². The SMILES string of the molecule is CC1(C)[C@H]2Cc3ccc(C=O)cc3[C@@H]1C2. The van der Waals surface area contributed by atoms with E-state index in [9.17, 15) is 4.79 Å². The standard InChI is InChI=1S/C14H16O/c1-14(2)11-6-10-4-3-9(8-15)5-12(10)13(14)7-11/h3-5,8,11,13H,6-7H2,1-2H3/t11-,13-/m0/s1. The summed E-state index contributed by atoms with van der Waals surface area (Å²) in [5.41, 5.74) is 4.19. The number of benzene rings is 1. The molecule has 15 heavy (non-hydrogen) atoms. The van der Waals surface area contributed by atoms with Crippen LogP contribution in [0, 0.1) is 11.3 Å². The first kappa shape index (κ1) is 9.14. The van der Waals surface area contributed by atoms with Crippen molar-refractivity contribution >= 4 is 6.29 Å². The van der Waals surface area contributed by atoms with E-state index in [4.69, 9.17) is 0 Å². The van der Waals surface area contributed by atoms with Crippen molar-refractivity contribution in [3.05, 3.63) is 34.9 Å². The summed E-state index contributed by atoms with van der Waals surface area (Å²) in [7, 11) is 0. The average Bonchev–Trinajstić information content (AvgIpc) is 2.27. The Kier molecular flexibility index (Phi) is 1.66. The van der Waals surface area contributed by atoms with Crippen molar-refractivity contribution < 1.29 is 4.79 Å². The van der Waals surface area contributed by atoms with Crippen LogP contribution in [-0.4, -0.2) is 6.29 Å². The van der Waals surface area contributed by atoms with Crippen molar-refractivity contribution in [3.8, 4) is 0 Å². The summed E-state index contributed by atoms with van der Waals surface area (Å²) in [6.07, 6.45) is 3.48. The number of aldehydes is 1. The molecule has 0 N–H and O–H groups in total. The smallest absolute Gasteiger partial charge is 0.150 e. The van der Waals surface area contributed by atoms with E-state index in [1.807, 2.05) is 6.07 Å². The Balaban J connectivity index is 2.11. The van der Waals surface area contributed by atoms with E-state index in [2.05, 4.69) is 26.0 Å². The minimum Gasteiger partial charge on any atom is -0.298 e. The molecule has 0 saturated heterocycles. The second kappa shape index (κ2) is 2.72. The summed E-state index contributed by atoms with van der Waals surface area (Å²) in [5, 5.41) is 0. The van der Waals surface area contributed by atoms with E-state index in [1.54, 1.807) is 0 Å². The highest BCUT2D eigenvalue weighted by Crippen LogP contribution is 2.62. The fraction of sp³-hybridized carbons (Fsp3) is 0.500. The van der Waals surface area contributed by atoms with Crippen LogP contribution in [0.3, 0.4) is 0 Å². The molecule has 1 heteroatoms. The first-order valence-corrected chi connectivity index (χ1v) is 5.71. The van der Waals surface area contributed by atoms with Gasteiger partial charge in [-0.2, -0.15) is 0 Å². The number of hydrogen-bond acceptors (Lipinski definition) is 1. The van der Waals surface area contributed by atoms with E-state index >= 15 is 0 Å². The summed E-state index contributed by atoms with van der Waals surface area (Å²) >= 11 is 0. The van der Waals surface area contributed by atoms with Gasteiger partial charge in [0.1, 0.15) is 6.29 Å². The predicted molar refractivity (Wildman–Crippen MR) is 60.2 cm³/mol. The Morgan fingerprint density at radius 3 is 2.87 bits per heavy atom. The molecule has 0 radical (unpaired) electrons. The maximum Gasteiger partial charge on any atom is 0.150 e. The monoisotopic (exact) mass is 200 g/mol. The summed E-state index contributed by atoms with van der Waals surface area (Å²) in [6, 6.07) is 6.20. The van der Waals surface area contributed by atoms with E-state index in [-0.39, 0.29) is 0 Å². The van der Waals surface area contributed by atoms with Crippen LogP contribution in [0.4, 0.5) is 0 Å². The van der Waals surface area contributed by atoms with Crippen LogP contribution in [0.5, 0.6) is 0 Å².